The molecule has 1 rings (SSSR count). The number of nitrogens with zero attached hydrogens (tertiary/aromatic N) is 1. The second-order valence-corrected chi connectivity index (χ2v) is 4.51. The number of alkyl halides is 3. The predicted octanol–water partition coefficient (Wildman–Crippen LogP) is 3.52. The van der Waals surface area contributed by atoms with Gasteiger partial charge in [-0.05, 0) is 30.7 Å². The van der Waals surface area contributed by atoms with Crippen LogP contribution in [-0.2, 0) is 9.53 Å². The topological polar surface area (TPSA) is 55.7 Å². The number of benzene rings is 1. The number of Topliss-reactive ketones (excluding diaryl/α,β-unsaturated/α-hetero) is 1. The van der Waals surface area contributed by atoms with Crippen LogP contribution in [0.25, 0.3) is 0 Å². The second-order valence-electron chi connectivity index (χ2n) is 4.03. The molecule has 0 saturated carbocycles. The number of ketones is 1. The minimum absolute atomic E-state index is 0.0445. The fourth-order valence-electron chi connectivity index (χ4n) is 1.45. The Hall–Kier alpha value is -2.08. The van der Waals surface area contributed by atoms with Crippen molar-refractivity contribution in [3.8, 4) is 0 Å². The third-order valence-electron chi connectivity index (χ3n) is 2.48. The quantitative estimate of drug-likeness (QED) is 0.275. The van der Waals surface area contributed by atoms with E-state index < -0.39 is 22.6 Å². The number of methoxy groups -OCH3 is 1. The van der Waals surface area contributed by atoms with Gasteiger partial charge in [0.15, 0.2) is 5.78 Å². The molecule has 0 N–H and O–H groups in total. The number of carbonyl (C=O) groups excluding carboxylic acids is 2. The average molecular weight is 316 g/mol. The van der Waals surface area contributed by atoms with E-state index in [1.165, 1.54) is 31.2 Å². The standard InChI is InChI=1S/C14H12ClF2NO3/c1-8(13(20)21-3)12(14(15,16)17)18-11-6-4-5-10(7-11)9(2)19/h4-7H,1H2,2-3H3. The van der Waals surface area contributed by atoms with Gasteiger partial charge in [-0.1, -0.05) is 18.7 Å². The first-order chi connectivity index (χ1) is 9.66. The summed E-state index contributed by atoms with van der Waals surface area (Å²) >= 11 is 4.95. The van der Waals surface area contributed by atoms with Crippen LogP contribution in [0.4, 0.5) is 14.5 Å². The molecule has 0 aliphatic rings. The van der Waals surface area contributed by atoms with Gasteiger partial charge in [-0.2, -0.15) is 8.78 Å². The summed E-state index contributed by atoms with van der Waals surface area (Å²) in [4.78, 5) is 26.2. The molecule has 0 spiro atoms. The van der Waals surface area contributed by atoms with Gasteiger partial charge in [0.2, 0.25) is 0 Å². The molecule has 0 aliphatic carbocycles. The minimum Gasteiger partial charge on any atom is -0.465 e. The Labute approximate surface area is 125 Å². The zero-order valence-corrected chi connectivity index (χ0v) is 12.1. The molecule has 1 aromatic carbocycles. The maximum atomic E-state index is 13.4. The normalized spacial score (nSPS) is 12.0. The summed E-state index contributed by atoms with van der Waals surface area (Å²) in [6.07, 6.45) is 0. The van der Waals surface area contributed by atoms with Gasteiger partial charge in [-0.3, -0.25) is 4.79 Å². The van der Waals surface area contributed by atoms with Crippen LogP contribution in [0.3, 0.4) is 0 Å². The lowest BCUT2D eigenvalue weighted by Gasteiger charge is -2.13. The zero-order chi connectivity index (χ0) is 16.2. The number of aliphatic imine (C=N–C) groups is 1. The number of carbonyl (C=O) groups is 2. The summed E-state index contributed by atoms with van der Waals surface area (Å²) < 4.78 is 31.1. The lowest BCUT2D eigenvalue weighted by Crippen LogP contribution is -2.27. The zero-order valence-electron chi connectivity index (χ0n) is 11.3. The number of ether oxygens (including phenoxy) is 1. The minimum atomic E-state index is -3.91. The van der Waals surface area contributed by atoms with E-state index in [1.54, 1.807) is 0 Å². The van der Waals surface area contributed by atoms with Crippen molar-refractivity contribution < 1.29 is 23.1 Å². The Bertz CT molecular complexity index is 621. The number of hydrogen-bond donors (Lipinski definition) is 0. The highest BCUT2D eigenvalue weighted by molar-refractivity contribution is 6.40. The van der Waals surface area contributed by atoms with E-state index in [9.17, 15) is 18.4 Å². The van der Waals surface area contributed by atoms with Crippen LogP contribution in [0.5, 0.6) is 0 Å². The van der Waals surface area contributed by atoms with Crippen molar-refractivity contribution in [3.05, 3.63) is 42.0 Å². The van der Waals surface area contributed by atoms with Crippen LogP contribution in [0, 0.1) is 0 Å². The Morgan fingerprint density at radius 3 is 2.48 bits per heavy atom. The molecule has 0 fully saturated rings. The summed E-state index contributed by atoms with van der Waals surface area (Å²) in [6, 6.07) is 5.67. The summed E-state index contributed by atoms with van der Waals surface area (Å²) in [5.41, 5.74) is -1.36. The van der Waals surface area contributed by atoms with Gasteiger partial charge in [0, 0.05) is 5.56 Å². The fourth-order valence-corrected chi connectivity index (χ4v) is 1.60. The smallest absolute Gasteiger partial charge is 0.365 e. The monoisotopic (exact) mass is 315 g/mol. The molecule has 0 unspecified atom stereocenters. The third-order valence-corrected chi connectivity index (χ3v) is 2.66. The SMILES string of the molecule is C=C(C(=O)OC)C(=Nc1cccc(C(C)=O)c1)C(F)(F)Cl. The lowest BCUT2D eigenvalue weighted by molar-refractivity contribution is -0.135. The first-order valence-electron chi connectivity index (χ1n) is 5.71. The van der Waals surface area contributed by atoms with Gasteiger partial charge in [-0.25, -0.2) is 9.79 Å². The molecule has 4 nitrogen and oxygen atoms in total. The molecule has 7 heteroatoms. The summed E-state index contributed by atoms with van der Waals surface area (Å²) in [5.74, 6) is -1.32. The molecule has 0 atom stereocenters. The van der Waals surface area contributed by atoms with E-state index in [0.717, 1.165) is 7.11 Å². The third kappa shape index (κ3) is 4.46. The van der Waals surface area contributed by atoms with Crippen molar-refractivity contribution in [2.45, 2.75) is 12.3 Å². The largest absolute Gasteiger partial charge is 0.465 e. The molecule has 0 amide bonds. The first kappa shape index (κ1) is 17.0. The lowest BCUT2D eigenvalue weighted by atomic mass is 10.1. The van der Waals surface area contributed by atoms with Gasteiger partial charge < -0.3 is 4.74 Å². The summed E-state index contributed by atoms with van der Waals surface area (Å²) in [7, 11) is 1.02. The maximum Gasteiger partial charge on any atom is 0.365 e. The van der Waals surface area contributed by atoms with Gasteiger partial charge in [0.25, 0.3) is 0 Å². The molecule has 0 aliphatic heterocycles. The fraction of sp³-hybridized carbons (Fsp3) is 0.214. The van der Waals surface area contributed by atoms with Crippen molar-refractivity contribution >= 4 is 34.8 Å². The van der Waals surface area contributed by atoms with E-state index in [2.05, 4.69) is 16.3 Å². The maximum absolute atomic E-state index is 13.4. The predicted molar refractivity (Wildman–Crippen MR) is 75.5 cm³/mol. The van der Waals surface area contributed by atoms with Gasteiger partial charge in [0.05, 0.1) is 18.4 Å². The van der Waals surface area contributed by atoms with Crippen LogP contribution in [-0.4, -0.2) is 30.0 Å². The molecular formula is C14H12ClF2NO3. The van der Waals surface area contributed by atoms with Crippen LogP contribution >= 0.6 is 11.6 Å². The van der Waals surface area contributed by atoms with Crippen molar-refractivity contribution in [1.29, 1.82) is 0 Å². The van der Waals surface area contributed by atoms with E-state index in [1.807, 2.05) is 0 Å². The van der Waals surface area contributed by atoms with Crippen LogP contribution in [0.2, 0.25) is 0 Å². The Balaban J connectivity index is 3.33. The summed E-state index contributed by atoms with van der Waals surface area (Å²) in [6.45, 7) is 4.54. The molecule has 21 heavy (non-hydrogen) atoms. The Morgan fingerprint density at radius 1 is 1.38 bits per heavy atom. The van der Waals surface area contributed by atoms with E-state index in [-0.39, 0.29) is 17.0 Å². The van der Waals surface area contributed by atoms with Gasteiger partial charge >= 0.3 is 11.4 Å². The molecule has 0 aromatic heterocycles. The van der Waals surface area contributed by atoms with Crippen molar-refractivity contribution in [3.63, 3.8) is 0 Å². The van der Waals surface area contributed by atoms with Crippen molar-refractivity contribution in [1.82, 2.24) is 0 Å². The van der Waals surface area contributed by atoms with E-state index >= 15 is 0 Å². The Morgan fingerprint density at radius 2 is 2.00 bits per heavy atom. The number of rotatable bonds is 5. The highest BCUT2D eigenvalue weighted by atomic mass is 35.5. The van der Waals surface area contributed by atoms with Crippen LogP contribution in [0.15, 0.2) is 41.4 Å². The van der Waals surface area contributed by atoms with Gasteiger partial charge in [-0.15, -0.1) is 0 Å². The molecule has 0 heterocycles. The molecule has 0 saturated heterocycles. The number of hydrogen-bond acceptors (Lipinski definition) is 4. The summed E-state index contributed by atoms with van der Waals surface area (Å²) in [5, 5.41) is -3.91. The molecule has 0 bridgehead atoms. The molecule has 112 valence electrons. The van der Waals surface area contributed by atoms with E-state index in [0.29, 0.717) is 0 Å². The molecule has 0 radical (unpaired) electrons. The highest BCUT2D eigenvalue weighted by Gasteiger charge is 2.37. The first-order valence-corrected chi connectivity index (χ1v) is 6.09. The van der Waals surface area contributed by atoms with Crippen molar-refractivity contribution in [2.75, 3.05) is 7.11 Å². The molecular weight excluding hydrogens is 304 g/mol. The van der Waals surface area contributed by atoms with Crippen LogP contribution in [0.1, 0.15) is 17.3 Å². The highest BCUT2D eigenvalue weighted by Crippen LogP contribution is 2.28. The Kier molecular flexibility index (Phi) is 5.32. The van der Waals surface area contributed by atoms with E-state index in [4.69, 9.17) is 11.6 Å². The second kappa shape index (κ2) is 6.58. The van der Waals surface area contributed by atoms with Gasteiger partial charge in [0.1, 0.15) is 5.71 Å². The van der Waals surface area contributed by atoms with Crippen LogP contribution < -0.4 is 0 Å². The molecule has 1 aromatic rings. The number of esters is 1. The van der Waals surface area contributed by atoms with Crippen molar-refractivity contribution in [2.24, 2.45) is 4.99 Å². The number of halogens is 3. The average Bonchev–Trinajstić information content (AvgIpc) is 2.42.